The van der Waals surface area contributed by atoms with Crippen LogP contribution in [0.4, 0.5) is 0 Å². The van der Waals surface area contributed by atoms with E-state index >= 15 is 0 Å². The van der Waals surface area contributed by atoms with Gasteiger partial charge in [-0.1, -0.05) is 49.6 Å². The number of carbonyl (C=O) groups is 1. The minimum Gasteiger partial charge on any atom is -0.483 e. The van der Waals surface area contributed by atoms with Gasteiger partial charge in [-0.3, -0.25) is 9.59 Å². The number of rotatable bonds is 7. The Labute approximate surface area is 184 Å². The van der Waals surface area contributed by atoms with Crippen LogP contribution in [0.2, 0.25) is 0 Å². The van der Waals surface area contributed by atoms with Gasteiger partial charge in [0.05, 0.1) is 0 Å². The molecule has 1 saturated carbocycles. The summed E-state index contributed by atoms with van der Waals surface area (Å²) >= 11 is 0. The van der Waals surface area contributed by atoms with Crippen molar-refractivity contribution in [3.05, 3.63) is 63.6 Å². The molecule has 2 aliphatic rings. The Morgan fingerprint density at radius 1 is 1.06 bits per heavy atom. The van der Waals surface area contributed by atoms with E-state index in [1.165, 1.54) is 32.1 Å². The van der Waals surface area contributed by atoms with E-state index in [1.54, 1.807) is 6.07 Å². The lowest BCUT2D eigenvalue weighted by Crippen LogP contribution is -2.46. The molecule has 0 spiro atoms. The Morgan fingerprint density at radius 3 is 2.52 bits per heavy atom. The first-order chi connectivity index (χ1) is 15.0. The number of ether oxygens (including phenoxy) is 1. The summed E-state index contributed by atoms with van der Waals surface area (Å²) in [6.45, 7) is 6.18. The summed E-state index contributed by atoms with van der Waals surface area (Å²) in [7, 11) is 0. The van der Waals surface area contributed by atoms with Crippen LogP contribution in [0, 0.1) is 0 Å². The fourth-order valence-corrected chi connectivity index (χ4v) is 4.65. The van der Waals surface area contributed by atoms with E-state index in [2.05, 4.69) is 5.32 Å². The maximum absolute atomic E-state index is 13.4. The number of hydrogen-bond acceptors (Lipinski definition) is 4. The van der Waals surface area contributed by atoms with E-state index in [0.717, 1.165) is 11.3 Å². The standard InChI is InChI=1S/C25H33N3O3/c1-18(2)27-13-14-28-21(16-26-20-11-7-4-8-12-20)15-22(29)24(23(28)25(27)30)31-17-19-9-5-3-6-10-19/h3,5-6,9-10,15,18,20,26H,4,7-8,11-14,16-17H2,1-2H3. The highest BCUT2D eigenvalue weighted by Crippen LogP contribution is 2.25. The van der Waals surface area contributed by atoms with Crippen molar-refractivity contribution >= 4 is 5.91 Å². The first kappa shape index (κ1) is 21.6. The molecule has 166 valence electrons. The average molecular weight is 424 g/mol. The van der Waals surface area contributed by atoms with Crippen molar-refractivity contribution in [1.82, 2.24) is 14.8 Å². The van der Waals surface area contributed by atoms with Gasteiger partial charge in [-0.05, 0) is 32.3 Å². The van der Waals surface area contributed by atoms with Gasteiger partial charge < -0.3 is 19.5 Å². The molecule has 0 atom stereocenters. The molecule has 0 saturated heterocycles. The summed E-state index contributed by atoms with van der Waals surface area (Å²) in [5, 5.41) is 3.62. The van der Waals surface area contributed by atoms with Gasteiger partial charge in [0.25, 0.3) is 5.91 Å². The summed E-state index contributed by atoms with van der Waals surface area (Å²) in [4.78, 5) is 28.3. The summed E-state index contributed by atoms with van der Waals surface area (Å²) in [5.41, 5.74) is 2.01. The summed E-state index contributed by atoms with van der Waals surface area (Å²) < 4.78 is 7.97. The van der Waals surface area contributed by atoms with Crippen LogP contribution in [0.1, 0.15) is 67.7 Å². The predicted molar refractivity (Wildman–Crippen MR) is 121 cm³/mol. The fourth-order valence-electron chi connectivity index (χ4n) is 4.65. The molecule has 1 aliphatic heterocycles. The Bertz CT molecular complexity index is 962. The average Bonchev–Trinajstić information content (AvgIpc) is 2.78. The third kappa shape index (κ3) is 4.85. The Hall–Kier alpha value is -2.60. The molecule has 0 radical (unpaired) electrons. The Kier molecular flexibility index (Phi) is 6.76. The van der Waals surface area contributed by atoms with Gasteiger partial charge in [0.15, 0.2) is 11.4 Å². The van der Waals surface area contributed by atoms with Crippen molar-refractivity contribution in [3.63, 3.8) is 0 Å². The maximum atomic E-state index is 13.4. The second kappa shape index (κ2) is 9.69. The number of aromatic nitrogens is 1. The maximum Gasteiger partial charge on any atom is 0.274 e. The summed E-state index contributed by atoms with van der Waals surface area (Å²) in [6.07, 6.45) is 6.17. The van der Waals surface area contributed by atoms with E-state index in [1.807, 2.05) is 53.6 Å². The molecular formula is C25H33N3O3. The molecule has 1 fully saturated rings. The highest BCUT2D eigenvalue weighted by Gasteiger charge is 2.32. The van der Waals surface area contributed by atoms with Crippen LogP contribution >= 0.6 is 0 Å². The molecule has 6 heteroatoms. The van der Waals surface area contributed by atoms with Crippen LogP contribution in [0.15, 0.2) is 41.2 Å². The molecule has 0 unspecified atom stereocenters. The van der Waals surface area contributed by atoms with E-state index < -0.39 is 0 Å². The molecule has 1 amide bonds. The zero-order chi connectivity index (χ0) is 21.8. The molecule has 1 N–H and O–H groups in total. The molecule has 1 aromatic heterocycles. The third-order valence-electron chi connectivity index (χ3n) is 6.41. The molecule has 1 aliphatic carbocycles. The lowest BCUT2D eigenvalue weighted by atomic mass is 9.95. The van der Waals surface area contributed by atoms with Gasteiger partial charge in [-0.15, -0.1) is 0 Å². The molecule has 2 heterocycles. The highest BCUT2D eigenvalue weighted by molar-refractivity contribution is 5.96. The quantitative estimate of drug-likeness (QED) is 0.737. The van der Waals surface area contributed by atoms with Gasteiger partial charge in [-0.2, -0.15) is 0 Å². The minimum atomic E-state index is -0.221. The van der Waals surface area contributed by atoms with Gasteiger partial charge in [0, 0.05) is 43.5 Å². The van der Waals surface area contributed by atoms with Crippen LogP contribution in [0.5, 0.6) is 5.75 Å². The molecule has 6 nitrogen and oxygen atoms in total. The second-order valence-corrected chi connectivity index (χ2v) is 8.91. The molecule has 1 aromatic carbocycles. The van der Waals surface area contributed by atoms with Crippen LogP contribution in [-0.4, -0.2) is 34.0 Å². The van der Waals surface area contributed by atoms with Crippen LogP contribution in [0.25, 0.3) is 0 Å². The van der Waals surface area contributed by atoms with Crippen molar-refractivity contribution in [1.29, 1.82) is 0 Å². The zero-order valence-electron chi connectivity index (χ0n) is 18.6. The molecule has 2 aromatic rings. The summed E-state index contributed by atoms with van der Waals surface area (Å²) in [5.74, 6) is 0.0431. The lowest BCUT2D eigenvalue weighted by molar-refractivity contribution is 0.0636. The highest BCUT2D eigenvalue weighted by atomic mass is 16.5. The topological polar surface area (TPSA) is 63.6 Å². The normalized spacial score (nSPS) is 17.1. The van der Waals surface area contributed by atoms with Crippen molar-refractivity contribution < 1.29 is 9.53 Å². The number of hydrogen-bond donors (Lipinski definition) is 1. The number of fused-ring (bicyclic) bond motifs is 1. The van der Waals surface area contributed by atoms with Gasteiger partial charge >= 0.3 is 0 Å². The minimum absolute atomic E-state index is 0.0716. The number of amides is 1. The van der Waals surface area contributed by atoms with Crippen molar-refractivity contribution in [2.75, 3.05) is 6.54 Å². The molecule has 0 bridgehead atoms. The van der Waals surface area contributed by atoms with Gasteiger partial charge in [0.2, 0.25) is 5.43 Å². The van der Waals surface area contributed by atoms with Crippen LogP contribution < -0.4 is 15.5 Å². The van der Waals surface area contributed by atoms with Crippen LogP contribution in [0.3, 0.4) is 0 Å². The first-order valence-electron chi connectivity index (χ1n) is 11.5. The molecular weight excluding hydrogens is 390 g/mol. The Morgan fingerprint density at radius 2 is 1.81 bits per heavy atom. The van der Waals surface area contributed by atoms with E-state index in [-0.39, 0.29) is 29.7 Å². The van der Waals surface area contributed by atoms with Crippen molar-refractivity contribution in [2.24, 2.45) is 0 Å². The van der Waals surface area contributed by atoms with Crippen molar-refractivity contribution in [2.45, 2.75) is 77.7 Å². The third-order valence-corrected chi connectivity index (χ3v) is 6.41. The molecule has 31 heavy (non-hydrogen) atoms. The summed E-state index contributed by atoms with van der Waals surface area (Å²) in [6, 6.07) is 11.9. The monoisotopic (exact) mass is 423 g/mol. The Balaban J connectivity index is 1.64. The molecule has 4 rings (SSSR count). The fraction of sp³-hybridized carbons (Fsp3) is 0.520. The SMILES string of the molecule is CC(C)N1CCn2c(CNC3CCCCC3)cc(=O)c(OCc3ccccc3)c2C1=O. The number of carbonyl (C=O) groups excluding carboxylic acids is 1. The van der Waals surface area contributed by atoms with Gasteiger partial charge in [-0.25, -0.2) is 0 Å². The van der Waals surface area contributed by atoms with Crippen LogP contribution in [-0.2, 0) is 19.7 Å². The van der Waals surface area contributed by atoms with Crippen molar-refractivity contribution in [3.8, 4) is 5.75 Å². The van der Waals surface area contributed by atoms with E-state index in [9.17, 15) is 9.59 Å². The van der Waals surface area contributed by atoms with E-state index in [0.29, 0.717) is 31.4 Å². The van der Waals surface area contributed by atoms with E-state index in [4.69, 9.17) is 4.74 Å². The number of nitrogens with zero attached hydrogens (tertiary/aromatic N) is 2. The number of nitrogens with one attached hydrogen (secondary N) is 1. The first-order valence-corrected chi connectivity index (χ1v) is 11.5. The number of pyridine rings is 1. The second-order valence-electron chi connectivity index (χ2n) is 8.91. The largest absolute Gasteiger partial charge is 0.483 e. The predicted octanol–water partition coefficient (Wildman–Crippen LogP) is 3.71. The zero-order valence-corrected chi connectivity index (χ0v) is 18.6. The lowest BCUT2D eigenvalue weighted by Gasteiger charge is -2.35. The smallest absolute Gasteiger partial charge is 0.274 e. The van der Waals surface area contributed by atoms with Gasteiger partial charge in [0.1, 0.15) is 6.61 Å². The number of benzene rings is 1.